The van der Waals surface area contributed by atoms with E-state index < -0.39 is 13.1 Å². The summed E-state index contributed by atoms with van der Waals surface area (Å²) in [5.41, 5.74) is 0. The zero-order valence-corrected chi connectivity index (χ0v) is 9.16. The van der Waals surface area contributed by atoms with E-state index in [2.05, 4.69) is 0 Å². The SMILES string of the molecule is O[P+](O)(O)C12CC3CC(CC(C3)C1)C2. The Balaban J connectivity index is 1.95. The fraction of sp³-hybridized carbons (Fsp3) is 1.00. The first-order chi connectivity index (χ1) is 6.48. The van der Waals surface area contributed by atoms with Gasteiger partial charge in [0.1, 0.15) is 0 Å². The van der Waals surface area contributed by atoms with Gasteiger partial charge in [-0.25, -0.2) is 0 Å². The Kier molecular flexibility index (Phi) is 1.84. The molecule has 0 radical (unpaired) electrons. The lowest BCUT2D eigenvalue weighted by Gasteiger charge is -2.54. The van der Waals surface area contributed by atoms with Crippen molar-refractivity contribution in [2.75, 3.05) is 0 Å². The van der Waals surface area contributed by atoms with E-state index in [9.17, 15) is 14.7 Å². The van der Waals surface area contributed by atoms with Gasteiger partial charge in [-0.1, -0.05) is 0 Å². The molecule has 0 spiro atoms. The van der Waals surface area contributed by atoms with Crippen LogP contribution >= 0.6 is 7.94 Å². The molecular weight excluding hydrogens is 199 g/mol. The van der Waals surface area contributed by atoms with E-state index in [1.807, 2.05) is 0 Å². The summed E-state index contributed by atoms with van der Waals surface area (Å²) < 4.78 is 0. The Labute approximate surface area is 84.7 Å². The van der Waals surface area contributed by atoms with Crippen molar-refractivity contribution in [2.45, 2.75) is 43.7 Å². The smallest absolute Gasteiger partial charge is 0.192 e. The molecular formula is C10H18O3P+. The summed E-state index contributed by atoms with van der Waals surface area (Å²) >= 11 is 0. The van der Waals surface area contributed by atoms with Gasteiger partial charge in [-0.05, 0) is 56.3 Å². The molecule has 0 heterocycles. The highest BCUT2D eigenvalue weighted by Crippen LogP contribution is 2.72. The van der Waals surface area contributed by atoms with Crippen molar-refractivity contribution in [2.24, 2.45) is 17.8 Å². The number of hydrogen-bond donors (Lipinski definition) is 3. The molecule has 4 aliphatic rings. The molecule has 4 fully saturated rings. The Morgan fingerprint density at radius 2 is 1.14 bits per heavy atom. The fourth-order valence-electron chi connectivity index (χ4n) is 4.43. The van der Waals surface area contributed by atoms with E-state index in [0.717, 1.165) is 19.3 Å². The van der Waals surface area contributed by atoms with Gasteiger partial charge in [0, 0.05) is 0 Å². The third kappa shape index (κ3) is 1.19. The van der Waals surface area contributed by atoms with Crippen molar-refractivity contribution in [1.82, 2.24) is 0 Å². The van der Waals surface area contributed by atoms with Gasteiger partial charge in [0.05, 0.1) is 0 Å². The van der Waals surface area contributed by atoms with E-state index in [-0.39, 0.29) is 0 Å². The lowest BCUT2D eigenvalue weighted by atomic mass is 9.56. The summed E-state index contributed by atoms with van der Waals surface area (Å²) in [7, 11) is -3.62. The van der Waals surface area contributed by atoms with Crippen LogP contribution in [0.3, 0.4) is 0 Å². The van der Waals surface area contributed by atoms with Gasteiger partial charge in [-0.3, -0.25) is 0 Å². The minimum atomic E-state index is -3.62. The van der Waals surface area contributed by atoms with Crippen LogP contribution in [0, 0.1) is 17.8 Å². The molecule has 0 amide bonds. The van der Waals surface area contributed by atoms with Crippen LogP contribution in [0.2, 0.25) is 0 Å². The second kappa shape index (κ2) is 2.70. The molecule has 4 saturated carbocycles. The predicted molar refractivity (Wildman–Crippen MR) is 54.5 cm³/mol. The van der Waals surface area contributed by atoms with Gasteiger partial charge in [-0.2, -0.15) is 14.7 Å². The molecule has 4 bridgehead atoms. The highest BCUT2D eigenvalue weighted by Gasteiger charge is 2.66. The molecule has 0 atom stereocenters. The average molecular weight is 217 g/mol. The van der Waals surface area contributed by atoms with Crippen LogP contribution < -0.4 is 0 Å². The van der Waals surface area contributed by atoms with Crippen LogP contribution in [0.5, 0.6) is 0 Å². The minimum absolute atomic E-state index is 0.484. The van der Waals surface area contributed by atoms with Gasteiger partial charge in [0.15, 0.2) is 5.16 Å². The van der Waals surface area contributed by atoms with Crippen LogP contribution in [0.25, 0.3) is 0 Å². The maximum absolute atomic E-state index is 9.61. The maximum atomic E-state index is 9.61. The van der Waals surface area contributed by atoms with Crippen molar-refractivity contribution in [1.29, 1.82) is 0 Å². The summed E-state index contributed by atoms with van der Waals surface area (Å²) in [6.45, 7) is 0. The summed E-state index contributed by atoms with van der Waals surface area (Å²) in [5.74, 6) is 1.98. The normalized spacial score (nSPS) is 51.2. The summed E-state index contributed by atoms with van der Waals surface area (Å²) in [6.07, 6.45) is 6.36. The number of rotatable bonds is 1. The van der Waals surface area contributed by atoms with Crippen molar-refractivity contribution in [3.8, 4) is 0 Å². The molecule has 0 aromatic heterocycles. The van der Waals surface area contributed by atoms with Crippen LogP contribution in [-0.4, -0.2) is 19.8 Å². The molecule has 4 heteroatoms. The highest BCUT2D eigenvalue weighted by molar-refractivity contribution is 7.60. The quantitative estimate of drug-likeness (QED) is 0.586. The molecule has 0 saturated heterocycles. The fourth-order valence-corrected chi connectivity index (χ4v) is 5.94. The van der Waals surface area contributed by atoms with E-state index in [4.69, 9.17) is 0 Å². The van der Waals surface area contributed by atoms with E-state index >= 15 is 0 Å². The standard InChI is InChI=1S/C10H18O3P/c11-14(12,13)10-4-7-1-8(5-10)3-9(2-7)6-10/h7-9,11-13H,1-6H2/q+1. The maximum Gasteiger partial charge on any atom is 0.409 e. The molecule has 14 heavy (non-hydrogen) atoms. The highest BCUT2D eigenvalue weighted by atomic mass is 31.2. The van der Waals surface area contributed by atoms with Crippen molar-refractivity contribution in [3.05, 3.63) is 0 Å². The van der Waals surface area contributed by atoms with Gasteiger partial charge in [0.25, 0.3) is 0 Å². The van der Waals surface area contributed by atoms with Crippen LogP contribution in [-0.2, 0) is 0 Å². The largest absolute Gasteiger partial charge is 0.409 e. The first-order valence-corrected chi connectivity index (χ1v) is 7.21. The molecule has 0 unspecified atom stereocenters. The second-order valence-corrected chi connectivity index (χ2v) is 7.80. The zero-order valence-electron chi connectivity index (χ0n) is 8.26. The van der Waals surface area contributed by atoms with Crippen molar-refractivity contribution < 1.29 is 14.7 Å². The third-order valence-electron chi connectivity index (χ3n) is 4.64. The molecule has 80 valence electrons. The molecule has 0 aromatic rings. The zero-order chi connectivity index (χ0) is 9.97. The van der Waals surface area contributed by atoms with Gasteiger partial charge < -0.3 is 0 Å². The van der Waals surface area contributed by atoms with E-state index in [1.54, 1.807) is 0 Å². The predicted octanol–water partition coefficient (Wildman–Crippen LogP) is 1.69. The third-order valence-corrected chi connectivity index (χ3v) is 6.46. The molecule has 0 aliphatic heterocycles. The lowest BCUT2D eigenvalue weighted by molar-refractivity contribution is 0.0177. The Hall–Kier alpha value is 0.310. The van der Waals surface area contributed by atoms with Crippen molar-refractivity contribution >= 4 is 7.94 Å². The minimum Gasteiger partial charge on any atom is -0.192 e. The van der Waals surface area contributed by atoms with Crippen LogP contribution in [0.15, 0.2) is 0 Å². The molecule has 0 aromatic carbocycles. The van der Waals surface area contributed by atoms with E-state index in [1.165, 1.54) is 19.3 Å². The second-order valence-electron chi connectivity index (χ2n) is 5.71. The monoisotopic (exact) mass is 217 g/mol. The average Bonchev–Trinajstić information content (AvgIpc) is 1.98. The lowest BCUT2D eigenvalue weighted by Crippen LogP contribution is -2.51. The number of hydrogen-bond acceptors (Lipinski definition) is 3. The van der Waals surface area contributed by atoms with Crippen LogP contribution in [0.1, 0.15) is 38.5 Å². The molecule has 4 aliphatic carbocycles. The molecule has 3 nitrogen and oxygen atoms in total. The van der Waals surface area contributed by atoms with Crippen molar-refractivity contribution in [3.63, 3.8) is 0 Å². The van der Waals surface area contributed by atoms with Gasteiger partial charge >= 0.3 is 7.94 Å². The van der Waals surface area contributed by atoms with Crippen LogP contribution in [0.4, 0.5) is 0 Å². The summed E-state index contributed by atoms with van der Waals surface area (Å²) in [6, 6.07) is 0. The van der Waals surface area contributed by atoms with E-state index in [0.29, 0.717) is 17.8 Å². The Bertz CT molecular complexity index is 223. The topological polar surface area (TPSA) is 60.7 Å². The molecule has 4 rings (SSSR count). The Morgan fingerprint density at radius 3 is 1.43 bits per heavy atom. The van der Waals surface area contributed by atoms with Gasteiger partial charge in [0.2, 0.25) is 0 Å². The summed E-state index contributed by atoms with van der Waals surface area (Å²) in [4.78, 5) is 28.8. The Morgan fingerprint density at radius 1 is 0.786 bits per heavy atom. The van der Waals surface area contributed by atoms with Gasteiger partial charge in [-0.15, -0.1) is 0 Å². The molecule has 3 N–H and O–H groups in total. The first kappa shape index (κ1) is 9.53. The first-order valence-electron chi connectivity index (χ1n) is 5.56. The summed E-state index contributed by atoms with van der Waals surface area (Å²) in [5, 5.41) is -0.484.